The molecule has 0 bridgehead atoms. The molecule has 0 aromatic heterocycles. The van der Waals surface area contributed by atoms with E-state index in [-0.39, 0.29) is 5.75 Å². The molecule has 0 atom stereocenters. The van der Waals surface area contributed by atoms with Crippen LogP contribution in [0.5, 0.6) is 5.75 Å². The lowest BCUT2D eigenvalue weighted by molar-refractivity contribution is -0.147. The second kappa shape index (κ2) is 3.65. The van der Waals surface area contributed by atoms with Gasteiger partial charge in [0.05, 0.1) is 5.56 Å². The fourth-order valence-corrected chi connectivity index (χ4v) is 1.43. The Hall–Kier alpha value is -1.72. The van der Waals surface area contributed by atoms with Gasteiger partial charge in [-0.15, -0.1) is 0 Å². The molecule has 92 valence electrons. The summed E-state index contributed by atoms with van der Waals surface area (Å²) >= 11 is 0. The van der Waals surface area contributed by atoms with Gasteiger partial charge in [-0.25, -0.2) is 4.79 Å². The Morgan fingerprint density at radius 1 is 1.35 bits per heavy atom. The minimum atomic E-state index is -4.46. The zero-order chi connectivity index (χ0) is 12.7. The lowest BCUT2D eigenvalue weighted by Gasteiger charge is -2.14. The summed E-state index contributed by atoms with van der Waals surface area (Å²) in [5.74, 6) is -1.21. The van der Waals surface area contributed by atoms with Gasteiger partial charge in [0.2, 0.25) is 5.60 Å². The number of aliphatic carboxylic acids is 1. The highest BCUT2D eigenvalue weighted by atomic mass is 19.4. The molecule has 2 rings (SSSR count). The third-order valence-electron chi connectivity index (χ3n) is 2.57. The van der Waals surface area contributed by atoms with E-state index in [1.54, 1.807) is 0 Å². The molecular formula is C11H9F3O3. The Morgan fingerprint density at radius 3 is 2.47 bits per heavy atom. The van der Waals surface area contributed by atoms with Gasteiger partial charge in [0.15, 0.2) is 0 Å². The summed E-state index contributed by atoms with van der Waals surface area (Å²) in [5.41, 5.74) is -2.18. The SMILES string of the molecule is O=C(O)C1(Oc2cccc(C(F)(F)F)c2)CC1. The molecule has 1 aromatic rings. The Kier molecular flexibility index (Phi) is 2.52. The topological polar surface area (TPSA) is 46.5 Å². The van der Waals surface area contributed by atoms with E-state index in [1.807, 2.05) is 0 Å². The van der Waals surface area contributed by atoms with Crippen LogP contribution in [0.2, 0.25) is 0 Å². The molecule has 1 aliphatic carbocycles. The average molecular weight is 246 g/mol. The van der Waals surface area contributed by atoms with E-state index in [0.717, 1.165) is 12.1 Å². The number of carbonyl (C=O) groups is 1. The molecular weight excluding hydrogens is 237 g/mol. The van der Waals surface area contributed by atoms with Gasteiger partial charge in [-0.3, -0.25) is 0 Å². The molecule has 0 spiro atoms. The predicted molar refractivity (Wildman–Crippen MR) is 51.7 cm³/mol. The van der Waals surface area contributed by atoms with Crippen molar-refractivity contribution < 1.29 is 27.8 Å². The third-order valence-corrected chi connectivity index (χ3v) is 2.57. The highest BCUT2D eigenvalue weighted by Gasteiger charge is 2.53. The number of hydrogen-bond donors (Lipinski definition) is 1. The molecule has 0 unspecified atom stereocenters. The second-order valence-corrected chi connectivity index (χ2v) is 3.93. The van der Waals surface area contributed by atoms with E-state index in [9.17, 15) is 18.0 Å². The van der Waals surface area contributed by atoms with Gasteiger partial charge in [-0.1, -0.05) is 6.07 Å². The highest BCUT2D eigenvalue weighted by Crippen LogP contribution is 2.41. The summed E-state index contributed by atoms with van der Waals surface area (Å²) in [7, 11) is 0. The molecule has 0 amide bonds. The molecule has 0 radical (unpaired) electrons. The summed E-state index contributed by atoms with van der Waals surface area (Å²) in [6.07, 6.45) is -3.82. The first-order valence-electron chi connectivity index (χ1n) is 4.93. The predicted octanol–water partition coefficient (Wildman–Crippen LogP) is 2.70. The van der Waals surface area contributed by atoms with E-state index >= 15 is 0 Å². The number of carboxylic acids is 1. The van der Waals surface area contributed by atoms with E-state index in [4.69, 9.17) is 9.84 Å². The molecule has 1 fully saturated rings. The Morgan fingerprint density at radius 2 is 2.00 bits per heavy atom. The lowest BCUT2D eigenvalue weighted by atomic mass is 10.2. The fraction of sp³-hybridized carbons (Fsp3) is 0.364. The summed E-state index contributed by atoms with van der Waals surface area (Å²) in [5, 5.41) is 8.85. The maximum Gasteiger partial charge on any atom is 0.416 e. The van der Waals surface area contributed by atoms with Gasteiger partial charge in [-0.05, 0) is 18.2 Å². The van der Waals surface area contributed by atoms with Crippen molar-refractivity contribution in [1.82, 2.24) is 0 Å². The van der Waals surface area contributed by atoms with Crippen LogP contribution in [0, 0.1) is 0 Å². The van der Waals surface area contributed by atoms with E-state index in [2.05, 4.69) is 0 Å². The van der Waals surface area contributed by atoms with Crippen LogP contribution in [0.3, 0.4) is 0 Å². The van der Waals surface area contributed by atoms with Crippen molar-refractivity contribution in [3.05, 3.63) is 29.8 Å². The average Bonchev–Trinajstić information content (AvgIpc) is 2.98. The summed E-state index contributed by atoms with van der Waals surface area (Å²) in [6.45, 7) is 0. The Balaban J connectivity index is 2.21. The van der Waals surface area contributed by atoms with Crippen molar-refractivity contribution in [1.29, 1.82) is 0 Å². The van der Waals surface area contributed by atoms with Crippen LogP contribution < -0.4 is 4.74 Å². The molecule has 0 aliphatic heterocycles. The quantitative estimate of drug-likeness (QED) is 0.891. The minimum absolute atomic E-state index is 0.0697. The van der Waals surface area contributed by atoms with Crippen molar-refractivity contribution >= 4 is 5.97 Å². The molecule has 17 heavy (non-hydrogen) atoms. The first kappa shape index (κ1) is 11.8. The van der Waals surface area contributed by atoms with Crippen LogP contribution >= 0.6 is 0 Å². The van der Waals surface area contributed by atoms with Crippen LogP contribution in [0.15, 0.2) is 24.3 Å². The number of carboxylic acid groups (broad SMARTS) is 1. The number of rotatable bonds is 3. The van der Waals surface area contributed by atoms with Crippen molar-refractivity contribution in [3.8, 4) is 5.75 Å². The number of ether oxygens (including phenoxy) is 1. The van der Waals surface area contributed by atoms with Crippen LogP contribution in [-0.2, 0) is 11.0 Å². The number of benzene rings is 1. The Labute approximate surface area is 94.8 Å². The number of alkyl halides is 3. The van der Waals surface area contributed by atoms with Gasteiger partial charge in [-0.2, -0.15) is 13.2 Å². The van der Waals surface area contributed by atoms with Crippen LogP contribution in [0.25, 0.3) is 0 Å². The third kappa shape index (κ3) is 2.35. The fourth-order valence-electron chi connectivity index (χ4n) is 1.43. The van der Waals surface area contributed by atoms with E-state index in [1.165, 1.54) is 12.1 Å². The van der Waals surface area contributed by atoms with Gasteiger partial charge in [0, 0.05) is 12.8 Å². The summed E-state index contributed by atoms with van der Waals surface area (Å²) in [6, 6.07) is 4.23. The standard InChI is InChI=1S/C11H9F3O3/c12-11(13,14)7-2-1-3-8(6-7)17-10(4-5-10)9(15)16/h1-3,6H,4-5H2,(H,15,16). The van der Waals surface area contributed by atoms with Gasteiger partial charge in [0.25, 0.3) is 0 Å². The van der Waals surface area contributed by atoms with Gasteiger partial charge < -0.3 is 9.84 Å². The zero-order valence-corrected chi connectivity index (χ0v) is 8.62. The van der Waals surface area contributed by atoms with Crippen LogP contribution in [0.4, 0.5) is 13.2 Å². The van der Waals surface area contributed by atoms with Crippen molar-refractivity contribution in [2.75, 3.05) is 0 Å². The smallest absolute Gasteiger partial charge is 0.416 e. The van der Waals surface area contributed by atoms with Crippen LogP contribution in [0.1, 0.15) is 18.4 Å². The number of hydrogen-bond acceptors (Lipinski definition) is 2. The minimum Gasteiger partial charge on any atom is -0.478 e. The largest absolute Gasteiger partial charge is 0.478 e. The maximum absolute atomic E-state index is 12.4. The molecule has 1 N–H and O–H groups in total. The van der Waals surface area contributed by atoms with Gasteiger partial charge in [0.1, 0.15) is 5.75 Å². The summed E-state index contributed by atoms with van der Waals surface area (Å²) < 4.78 is 42.3. The van der Waals surface area contributed by atoms with Crippen LogP contribution in [-0.4, -0.2) is 16.7 Å². The maximum atomic E-state index is 12.4. The highest BCUT2D eigenvalue weighted by molar-refractivity contribution is 5.81. The first-order valence-corrected chi connectivity index (χ1v) is 4.93. The summed E-state index contributed by atoms with van der Waals surface area (Å²) in [4.78, 5) is 10.8. The molecule has 1 aliphatic rings. The molecule has 0 heterocycles. The van der Waals surface area contributed by atoms with Crippen molar-refractivity contribution in [2.24, 2.45) is 0 Å². The first-order chi connectivity index (χ1) is 7.83. The second-order valence-electron chi connectivity index (χ2n) is 3.93. The van der Waals surface area contributed by atoms with Gasteiger partial charge >= 0.3 is 12.1 Å². The molecule has 6 heteroatoms. The zero-order valence-electron chi connectivity index (χ0n) is 8.62. The molecule has 3 nitrogen and oxygen atoms in total. The molecule has 1 aromatic carbocycles. The lowest BCUT2D eigenvalue weighted by Crippen LogP contribution is -2.29. The van der Waals surface area contributed by atoms with E-state index in [0.29, 0.717) is 12.8 Å². The van der Waals surface area contributed by atoms with E-state index < -0.39 is 23.3 Å². The Bertz CT molecular complexity index is 450. The molecule has 1 saturated carbocycles. The number of halogens is 3. The van der Waals surface area contributed by atoms with Crippen molar-refractivity contribution in [2.45, 2.75) is 24.6 Å². The van der Waals surface area contributed by atoms with Crippen molar-refractivity contribution in [3.63, 3.8) is 0 Å². The molecule has 0 saturated heterocycles. The normalized spacial score (nSPS) is 17.6. The monoisotopic (exact) mass is 246 g/mol.